The largest absolute Gasteiger partial charge is 0.370 e. The Morgan fingerprint density at radius 1 is 1.00 bits per heavy atom. The first-order valence-electron chi connectivity index (χ1n) is 9.21. The lowest BCUT2D eigenvalue weighted by atomic mass is 9.77. The second-order valence-electron chi connectivity index (χ2n) is 8.99. The standard InChI is InChI=1S/C19H37NO/c1-15-8-10-17(11-9-15)21-19(14-20-18(3,4)5)12-6-7-16(2)13-19/h15-17,20H,6-14H2,1-5H3. The van der Waals surface area contributed by atoms with E-state index in [0.29, 0.717) is 6.10 Å². The molecule has 0 aromatic heterocycles. The van der Waals surface area contributed by atoms with Crippen molar-refractivity contribution >= 4 is 0 Å². The molecule has 2 atom stereocenters. The molecule has 2 unspecified atom stereocenters. The second kappa shape index (κ2) is 7.00. The molecule has 0 saturated heterocycles. The first kappa shape index (κ1) is 17.3. The molecule has 2 nitrogen and oxygen atoms in total. The van der Waals surface area contributed by atoms with E-state index in [2.05, 4.69) is 39.9 Å². The van der Waals surface area contributed by atoms with Gasteiger partial charge in [0.1, 0.15) is 0 Å². The topological polar surface area (TPSA) is 21.3 Å². The molecule has 0 amide bonds. The maximum Gasteiger partial charge on any atom is 0.0812 e. The molecule has 0 aromatic rings. The second-order valence-corrected chi connectivity index (χ2v) is 8.99. The van der Waals surface area contributed by atoms with E-state index >= 15 is 0 Å². The Labute approximate surface area is 132 Å². The zero-order chi connectivity index (χ0) is 15.5. The van der Waals surface area contributed by atoms with Gasteiger partial charge in [0, 0.05) is 12.1 Å². The molecule has 0 aromatic carbocycles. The molecule has 2 aliphatic carbocycles. The van der Waals surface area contributed by atoms with Crippen LogP contribution >= 0.6 is 0 Å². The number of ether oxygens (including phenoxy) is 1. The molecule has 0 radical (unpaired) electrons. The highest BCUT2D eigenvalue weighted by atomic mass is 16.5. The molecule has 1 N–H and O–H groups in total. The summed E-state index contributed by atoms with van der Waals surface area (Å²) in [4.78, 5) is 0. The smallest absolute Gasteiger partial charge is 0.0812 e. The summed E-state index contributed by atoms with van der Waals surface area (Å²) in [6.07, 6.45) is 10.9. The van der Waals surface area contributed by atoms with Gasteiger partial charge in [-0.3, -0.25) is 0 Å². The van der Waals surface area contributed by atoms with Crippen LogP contribution in [-0.4, -0.2) is 23.8 Å². The van der Waals surface area contributed by atoms with Gasteiger partial charge in [-0.25, -0.2) is 0 Å². The Balaban J connectivity index is 1.97. The third-order valence-corrected chi connectivity index (χ3v) is 5.37. The van der Waals surface area contributed by atoms with Crippen LogP contribution in [0.5, 0.6) is 0 Å². The Bertz CT molecular complexity index is 314. The first-order valence-corrected chi connectivity index (χ1v) is 9.21. The van der Waals surface area contributed by atoms with Gasteiger partial charge in [-0.1, -0.05) is 26.7 Å². The molecule has 2 rings (SSSR count). The lowest BCUT2D eigenvalue weighted by Crippen LogP contribution is -2.52. The highest BCUT2D eigenvalue weighted by molar-refractivity contribution is 4.92. The van der Waals surface area contributed by atoms with Crippen LogP contribution in [0.4, 0.5) is 0 Å². The minimum absolute atomic E-state index is 0.0934. The summed E-state index contributed by atoms with van der Waals surface area (Å²) < 4.78 is 6.77. The van der Waals surface area contributed by atoms with Gasteiger partial charge in [-0.15, -0.1) is 0 Å². The summed E-state index contributed by atoms with van der Waals surface area (Å²) in [5.41, 5.74) is 0.272. The molecule has 0 spiro atoms. The number of hydrogen-bond donors (Lipinski definition) is 1. The van der Waals surface area contributed by atoms with Crippen molar-refractivity contribution in [2.45, 2.75) is 103 Å². The fraction of sp³-hybridized carbons (Fsp3) is 1.00. The monoisotopic (exact) mass is 295 g/mol. The normalized spacial score (nSPS) is 38.4. The van der Waals surface area contributed by atoms with Crippen molar-refractivity contribution in [1.82, 2.24) is 5.32 Å². The van der Waals surface area contributed by atoms with Crippen LogP contribution in [0.3, 0.4) is 0 Å². The molecule has 2 fully saturated rings. The predicted octanol–water partition coefficient (Wildman–Crippen LogP) is 4.92. The van der Waals surface area contributed by atoms with Crippen LogP contribution < -0.4 is 5.32 Å². The molecule has 2 aliphatic rings. The summed E-state index contributed by atoms with van der Waals surface area (Å²) in [5, 5.41) is 3.73. The molecule has 0 heterocycles. The maximum atomic E-state index is 6.77. The van der Waals surface area contributed by atoms with Crippen molar-refractivity contribution in [3.63, 3.8) is 0 Å². The van der Waals surface area contributed by atoms with Crippen molar-refractivity contribution in [3.05, 3.63) is 0 Å². The van der Waals surface area contributed by atoms with Gasteiger partial charge < -0.3 is 10.1 Å². The van der Waals surface area contributed by atoms with Crippen LogP contribution in [0, 0.1) is 11.8 Å². The number of nitrogens with one attached hydrogen (secondary N) is 1. The van der Waals surface area contributed by atoms with Crippen molar-refractivity contribution < 1.29 is 4.74 Å². The van der Waals surface area contributed by atoms with Gasteiger partial charge in [-0.2, -0.15) is 0 Å². The zero-order valence-corrected chi connectivity index (χ0v) is 15.0. The molecular formula is C19H37NO. The summed E-state index contributed by atoms with van der Waals surface area (Å²) in [6.45, 7) is 12.6. The van der Waals surface area contributed by atoms with Crippen molar-refractivity contribution in [2.75, 3.05) is 6.54 Å². The molecular weight excluding hydrogens is 258 g/mol. The van der Waals surface area contributed by atoms with Gasteiger partial charge in [0.2, 0.25) is 0 Å². The molecule has 21 heavy (non-hydrogen) atoms. The van der Waals surface area contributed by atoms with E-state index in [-0.39, 0.29) is 11.1 Å². The third-order valence-electron chi connectivity index (χ3n) is 5.37. The first-order chi connectivity index (χ1) is 9.78. The molecule has 124 valence electrons. The quantitative estimate of drug-likeness (QED) is 0.795. The van der Waals surface area contributed by atoms with E-state index in [0.717, 1.165) is 18.4 Å². The van der Waals surface area contributed by atoms with E-state index in [9.17, 15) is 0 Å². The van der Waals surface area contributed by atoms with Crippen LogP contribution in [0.15, 0.2) is 0 Å². The third kappa shape index (κ3) is 5.56. The fourth-order valence-corrected chi connectivity index (χ4v) is 4.05. The fourth-order valence-electron chi connectivity index (χ4n) is 4.05. The van der Waals surface area contributed by atoms with Crippen molar-refractivity contribution in [2.24, 2.45) is 11.8 Å². The number of rotatable bonds is 4. The van der Waals surface area contributed by atoms with E-state index in [1.165, 1.54) is 51.4 Å². The minimum atomic E-state index is 0.0934. The van der Waals surface area contributed by atoms with Crippen molar-refractivity contribution in [1.29, 1.82) is 0 Å². The number of hydrogen-bond acceptors (Lipinski definition) is 2. The van der Waals surface area contributed by atoms with Crippen LogP contribution in [0.1, 0.15) is 86.0 Å². The highest BCUT2D eigenvalue weighted by Crippen LogP contribution is 2.38. The SMILES string of the molecule is CC1CCC(OC2(CNC(C)(C)C)CCCC(C)C2)CC1. The summed E-state index contributed by atoms with van der Waals surface area (Å²) >= 11 is 0. The van der Waals surface area contributed by atoms with Crippen LogP contribution in [-0.2, 0) is 4.74 Å². The average molecular weight is 296 g/mol. The molecule has 2 saturated carbocycles. The van der Waals surface area contributed by atoms with Gasteiger partial charge in [-0.05, 0) is 71.1 Å². The molecule has 0 bridgehead atoms. The molecule has 0 aliphatic heterocycles. The summed E-state index contributed by atoms with van der Waals surface area (Å²) in [5.74, 6) is 1.71. The maximum absolute atomic E-state index is 6.77. The van der Waals surface area contributed by atoms with Crippen LogP contribution in [0.2, 0.25) is 0 Å². The summed E-state index contributed by atoms with van der Waals surface area (Å²) in [7, 11) is 0. The zero-order valence-electron chi connectivity index (χ0n) is 15.0. The Morgan fingerprint density at radius 3 is 2.24 bits per heavy atom. The highest BCUT2D eigenvalue weighted by Gasteiger charge is 2.39. The van der Waals surface area contributed by atoms with Gasteiger partial charge in [0.15, 0.2) is 0 Å². The van der Waals surface area contributed by atoms with Gasteiger partial charge in [0.05, 0.1) is 11.7 Å². The lowest BCUT2D eigenvalue weighted by molar-refractivity contribution is -0.134. The Kier molecular flexibility index (Phi) is 5.76. The molecule has 2 heteroatoms. The Hall–Kier alpha value is -0.0800. The summed E-state index contributed by atoms with van der Waals surface area (Å²) in [6, 6.07) is 0. The predicted molar refractivity (Wildman–Crippen MR) is 90.6 cm³/mol. The van der Waals surface area contributed by atoms with E-state index in [4.69, 9.17) is 4.74 Å². The lowest BCUT2D eigenvalue weighted by Gasteiger charge is -2.45. The van der Waals surface area contributed by atoms with E-state index in [1.54, 1.807) is 0 Å². The van der Waals surface area contributed by atoms with Gasteiger partial charge in [0.25, 0.3) is 0 Å². The van der Waals surface area contributed by atoms with Crippen LogP contribution in [0.25, 0.3) is 0 Å². The Morgan fingerprint density at radius 2 is 1.67 bits per heavy atom. The average Bonchev–Trinajstić information content (AvgIpc) is 2.39. The van der Waals surface area contributed by atoms with E-state index in [1.807, 2.05) is 0 Å². The minimum Gasteiger partial charge on any atom is -0.370 e. The van der Waals surface area contributed by atoms with Gasteiger partial charge >= 0.3 is 0 Å². The van der Waals surface area contributed by atoms with E-state index < -0.39 is 0 Å². The van der Waals surface area contributed by atoms with Crippen molar-refractivity contribution in [3.8, 4) is 0 Å².